The summed E-state index contributed by atoms with van der Waals surface area (Å²) in [6.07, 6.45) is 0. The van der Waals surface area contributed by atoms with Gasteiger partial charge in [0.2, 0.25) is 0 Å². The highest BCUT2D eigenvalue weighted by Crippen LogP contribution is 2.37. The van der Waals surface area contributed by atoms with Gasteiger partial charge < -0.3 is 10.5 Å². The van der Waals surface area contributed by atoms with Gasteiger partial charge in [-0.15, -0.1) is 11.8 Å². The molecule has 3 heteroatoms. The van der Waals surface area contributed by atoms with Crippen molar-refractivity contribution in [3.05, 3.63) is 35.4 Å². The first-order valence-corrected chi connectivity index (χ1v) is 6.66. The molecule has 1 aromatic carbocycles. The molecular formula is C13H19NOS. The molecule has 2 unspecified atom stereocenters. The van der Waals surface area contributed by atoms with E-state index in [1.54, 1.807) is 0 Å². The first-order chi connectivity index (χ1) is 7.66. The zero-order chi connectivity index (χ0) is 11.5. The molecule has 88 valence electrons. The van der Waals surface area contributed by atoms with Gasteiger partial charge in [-0.25, -0.2) is 0 Å². The second-order valence-corrected chi connectivity index (χ2v) is 5.93. The van der Waals surface area contributed by atoms with E-state index in [0.29, 0.717) is 10.5 Å². The van der Waals surface area contributed by atoms with E-state index < -0.39 is 0 Å². The summed E-state index contributed by atoms with van der Waals surface area (Å²) < 4.78 is 5.21. The van der Waals surface area contributed by atoms with Crippen LogP contribution in [0.4, 0.5) is 0 Å². The smallest absolute Gasteiger partial charge is 0.0608 e. The third-order valence-corrected chi connectivity index (χ3v) is 4.48. The summed E-state index contributed by atoms with van der Waals surface area (Å²) in [4.78, 5) is 0. The number of hydrogen-bond acceptors (Lipinski definition) is 3. The van der Waals surface area contributed by atoms with E-state index in [0.717, 1.165) is 13.2 Å². The van der Waals surface area contributed by atoms with Gasteiger partial charge in [-0.2, -0.15) is 0 Å². The maximum absolute atomic E-state index is 6.07. The highest BCUT2D eigenvalue weighted by Gasteiger charge is 2.26. The van der Waals surface area contributed by atoms with E-state index in [9.17, 15) is 0 Å². The van der Waals surface area contributed by atoms with E-state index in [1.807, 2.05) is 11.8 Å². The molecule has 0 aromatic heterocycles. The number of hydrogen-bond donors (Lipinski definition) is 1. The van der Waals surface area contributed by atoms with Gasteiger partial charge in [-0.1, -0.05) is 29.8 Å². The Hall–Kier alpha value is -0.510. The average molecular weight is 237 g/mol. The van der Waals surface area contributed by atoms with Gasteiger partial charge in [0.15, 0.2) is 0 Å². The van der Waals surface area contributed by atoms with Crippen LogP contribution in [0.3, 0.4) is 0 Å². The van der Waals surface area contributed by atoms with Crippen LogP contribution in [-0.2, 0) is 4.74 Å². The molecule has 0 spiro atoms. The maximum Gasteiger partial charge on any atom is 0.0608 e. The molecule has 2 N–H and O–H groups in total. The van der Waals surface area contributed by atoms with E-state index in [1.165, 1.54) is 11.1 Å². The molecule has 1 aliphatic rings. The number of nitrogens with two attached hydrogens (primary N) is 1. The average Bonchev–Trinajstić information content (AvgIpc) is 2.18. The molecular weight excluding hydrogens is 218 g/mol. The van der Waals surface area contributed by atoms with E-state index >= 15 is 0 Å². The zero-order valence-electron chi connectivity index (χ0n) is 9.85. The molecule has 0 radical (unpaired) electrons. The highest BCUT2D eigenvalue weighted by atomic mass is 32.2. The lowest BCUT2D eigenvalue weighted by Crippen LogP contribution is -2.34. The van der Waals surface area contributed by atoms with Crippen molar-refractivity contribution in [1.29, 1.82) is 0 Å². The predicted molar refractivity (Wildman–Crippen MR) is 69.8 cm³/mol. The molecule has 0 aliphatic carbocycles. The first-order valence-electron chi connectivity index (χ1n) is 5.72. The molecule has 2 nitrogen and oxygen atoms in total. The van der Waals surface area contributed by atoms with Gasteiger partial charge in [-0.05, 0) is 19.4 Å². The molecule has 1 saturated heterocycles. The van der Waals surface area contributed by atoms with Crippen molar-refractivity contribution >= 4 is 11.8 Å². The van der Waals surface area contributed by atoms with Crippen molar-refractivity contribution in [2.75, 3.05) is 13.2 Å². The number of thioether (sulfide) groups is 1. The number of rotatable bonds is 4. The fraction of sp³-hybridized carbons (Fsp3) is 0.538. The second kappa shape index (κ2) is 5.21. The summed E-state index contributed by atoms with van der Waals surface area (Å²) in [6.45, 7) is 5.94. The third kappa shape index (κ3) is 2.78. The van der Waals surface area contributed by atoms with Gasteiger partial charge in [0, 0.05) is 11.3 Å². The Morgan fingerprint density at radius 3 is 2.38 bits per heavy atom. The van der Waals surface area contributed by atoms with Crippen LogP contribution in [0.15, 0.2) is 24.3 Å². The lowest BCUT2D eigenvalue weighted by atomic mass is 10.1. The van der Waals surface area contributed by atoms with Crippen molar-refractivity contribution in [2.24, 2.45) is 5.73 Å². The topological polar surface area (TPSA) is 35.2 Å². The van der Waals surface area contributed by atoms with Gasteiger partial charge in [0.1, 0.15) is 0 Å². The number of benzene rings is 1. The minimum atomic E-state index is 0.174. The van der Waals surface area contributed by atoms with Gasteiger partial charge >= 0.3 is 0 Å². The third-order valence-electron chi connectivity index (χ3n) is 2.83. The lowest BCUT2D eigenvalue weighted by Gasteiger charge is -2.31. The Morgan fingerprint density at radius 2 is 1.94 bits per heavy atom. The molecule has 1 fully saturated rings. The minimum absolute atomic E-state index is 0.174. The van der Waals surface area contributed by atoms with Crippen LogP contribution >= 0.6 is 11.8 Å². The monoisotopic (exact) mass is 237 g/mol. The van der Waals surface area contributed by atoms with E-state index in [2.05, 4.69) is 38.1 Å². The summed E-state index contributed by atoms with van der Waals surface area (Å²) in [7, 11) is 0. The van der Waals surface area contributed by atoms with Crippen LogP contribution in [0.25, 0.3) is 0 Å². The van der Waals surface area contributed by atoms with Crippen molar-refractivity contribution in [3.63, 3.8) is 0 Å². The quantitative estimate of drug-likeness (QED) is 0.874. The first kappa shape index (κ1) is 12.0. The highest BCUT2D eigenvalue weighted by molar-refractivity contribution is 8.00. The largest absolute Gasteiger partial charge is 0.379 e. The number of ether oxygens (including phenoxy) is 1. The molecule has 2 rings (SSSR count). The van der Waals surface area contributed by atoms with Crippen LogP contribution in [0.1, 0.15) is 23.3 Å². The Morgan fingerprint density at radius 1 is 1.31 bits per heavy atom. The molecule has 0 amide bonds. The van der Waals surface area contributed by atoms with Crippen LogP contribution in [0.5, 0.6) is 0 Å². The van der Waals surface area contributed by atoms with Gasteiger partial charge in [-0.3, -0.25) is 0 Å². The van der Waals surface area contributed by atoms with Crippen LogP contribution < -0.4 is 5.73 Å². The Labute approximate surface area is 102 Å². The molecule has 1 aromatic rings. The van der Waals surface area contributed by atoms with E-state index in [-0.39, 0.29) is 6.04 Å². The standard InChI is InChI=1S/C13H19NOS/c1-9-3-5-11(6-4-9)13(10(2)14)16-12-7-15-8-12/h3-6,10,12-13H,7-8,14H2,1-2H3. The Bertz CT molecular complexity index is 332. The normalized spacial score (nSPS) is 20.2. The van der Waals surface area contributed by atoms with Crippen molar-refractivity contribution in [1.82, 2.24) is 0 Å². The molecule has 1 heterocycles. The fourth-order valence-corrected chi connectivity index (χ4v) is 3.09. The second-order valence-electron chi connectivity index (χ2n) is 4.49. The Balaban J connectivity index is 2.08. The van der Waals surface area contributed by atoms with Crippen LogP contribution in [-0.4, -0.2) is 24.5 Å². The molecule has 0 saturated carbocycles. The van der Waals surface area contributed by atoms with Crippen molar-refractivity contribution < 1.29 is 4.74 Å². The fourth-order valence-electron chi connectivity index (χ4n) is 1.76. The maximum atomic E-state index is 6.07. The van der Waals surface area contributed by atoms with Crippen molar-refractivity contribution in [3.8, 4) is 0 Å². The van der Waals surface area contributed by atoms with Gasteiger partial charge in [0.05, 0.1) is 18.5 Å². The zero-order valence-corrected chi connectivity index (χ0v) is 10.7. The van der Waals surface area contributed by atoms with Gasteiger partial charge in [0.25, 0.3) is 0 Å². The predicted octanol–water partition coefficient (Wildman–Crippen LogP) is 2.52. The number of aryl methyl sites for hydroxylation is 1. The van der Waals surface area contributed by atoms with Crippen LogP contribution in [0.2, 0.25) is 0 Å². The molecule has 16 heavy (non-hydrogen) atoms. The molecule has 2 atom stereocenters. The molecule has 0 bridgehead atoms. The lowest BCUT2D eigenvalue weighted by molar-refractivity contribution is 0.0452. The summed E-state index contributed by atoms with van der Waals surface area (Å²) in [5, 5.41) is 1.01. The Kier molecular flexibility index (Phi) is 3.90. The van der Waals surface area contributed by atoms with E-state index in [4.69, 9.17) is 10.5 Å². The van der Waals surface area contributed by atoms with Crippen LogP contribution in [0, 0.1) is 6.92 Å². The SMILES string of the molecule is Cc1ccc(C(SC2COC2)C(C)N)cc1. The summed E-state index contributed by atoms with van der Waals surface area (Å²) in [6, 6.07) is 8.87. The summed E-state index contributed by atoms with van der Waals surface area (Å²) in [5.41, 5.74) is 8.70. The summed E-state index contributed by atoms with van der Waals surface area (Å²) >= 11 is 1.95. The minimum Gasteiger partial charge on any atom is -0.379 e. The summed E-state index contributed by atoms with van der Waals surface area (Å²) in [5.74, 6) is 0. The van der Waals surface area contributed by atoms with Crippen molar-refractivity contribution in [2.45, 2.75) is 30.4 Å². The molecule has 1 aliphatic heterocycles.